The maximum atomic E-state index is 4.49. The van der Waals surface area contributed by atoms with Gasteiger partial charge in [-0.2, -0.15) is 0 Å². The van der Waals surface area contributed by atoms with Gasteiger partial charge in [0, 0.05) is 0 Å². The highest BCUT2D eigenvalue weighted by atomic mass is 32.1. The van der Waals surface area contributed by atoms with E-state index >= 15 is 0 Å². The van der Waals surface area contributed by atoms with Crippen molar-refractivity contribution in [1.82, 2.24) is 4.98 Å². The number of rotatable bonds is 2. The molecule has 1 saturated carbocycles. The summed E-state index contributed by atoms with van der Waals surface area (Å²) in [4.78, 5) is 4.49. The number of hydrogen-bond acceptors (Lipinski definition) is 2. The Labute approximate surface area is 94.2 Å². The number of fused-ring (bicyclic) bond motifs is 1. The van der Waals surface area contributed by atoms with Gasteiger partial charge in [0.1, 0.15) is 0 Å². The molecule has 15 heavy (non-hydrogen) atoms. The minimum Gasteiger partial charge on any atom is -0.242 e. The van der Waals surface area contributed by atoms with Crippen LogP contribution in [0.15, 0.2) is 18.2 Å². The van der Waals surface area contributed by atoms with E-state index in [9.17, 15) is 0 Å². The van der Waals surface area contributed by atoms with Crippen LogP contribution in [0.1, 0.15) is 36.3 Å². The van der Waals surface area contributed by atoms with E-state index in [0.29, 0.717) is 0 Å². The lowest BCUT2D eigenvalue weighted by molar-refractivity contribution is 0.766. The largest absolute Gasteiger partial charge is 0.242 e. The predicted molar refractivity (Wildman–Crippen MR) is 65.5 cm³/mol. The second-order valence-electron chi connectivity index (χ2n) is 4.47. The fraction of sp³-hybridized carbons (Fsp3) is 0.462. The first kappa shape index (κ1) is 9.34. The second kappa shape index (κ2) is 3.31. The van der Waals surface area contributed by atoms with Crippen molar-refractivity contribution in [2.45, 2.75) is 32.6 Å². The van der Waals surface area contributed by atoms with Crippen molar-refractivity contribution >= 4 is 21.6 Å². The van der Waals surface area contributed by atoms with Crippen LogP contribution in [0.5, 0.6) is 0 Å². The second-order valence-corrected chi connectivity index (χ2v) is 5.71. The van der Waals surface area contributed by atoms with Gasteiger partial charge >= 0.3 is 0 Å². The molecule has 2 heteroatoms. The first-order valence-corrected chi connectivity index (χ1v) is 6.46. The third kappa shape index (κ3) is 1.57. The lowest BCUT2D eigenvalue weighted by atomic mass is 10.1. The summed E-state index contributed by atoms with van der Waals surface area (Å²) in [5.74, 6) is 1.78. The predicted octanol–water partition coefficient (Wildman–Crippen LogP) is 4.12. The highest BCUT2D eigenvalue weighted by molar-refractivity contribution is 7.18. The van der Waals surface area contributed by atoms with Gasteiger partial charge < -0.3 is 0 Å². The van der Waals surface area contributed by atoms with E-state index in [2.05, 4.69) is 37.0 Å². The molecule has 1 fully saturated rings. The Balaban J connectivity index is 1.99. The SMILES string of the molecule is CC[C@H]1C[C@@H]1c1ccc2nc(C)sc2c1. The van der Waals surface area contributed by atoms with Crippen LogP contribution in [0.25, 0.3) is 10.2 Å². The van der Waals surface area contributed by atoms with Gasteiger partial charge in [0.25, 0.3) is 0 Å². The lowest BCUT2D eigenvalue weighted by Crippen LogP contribution is -1.81. The van der Waals surface area contributed by atoms with Gasteiger partial charge in [0.2, 0.25) is 0 Å². The van der Waals surface area contributed by atoms with E-state index in [-0.39, 0.29) is 0 Å². The summed E-state index contributed by atoms with van der Waals surface area (Å²) in [6.45, 7) is 4.37. The highest BCUT2D eigenvalue weighted by Crippen LogP contribution is 2.49. The molecule has 3 rings (SSSR count). The Morgan fingerprint density at radius 3 is 3.07 bits per heavy atom. The topological polar surface area (TPSA) is 12.9 Å². The van der Waals surface area contributed by atoms with Crippen LogP contribution in [-0.2, 0) is 0 Å². The number of hydrogen-bond donors (Lipinski definition) is 0. The molecule has 2 atom stereocenters. The molecule has 0 N–H and O–H groups in total. The van der Waals surface area contributed by atoms with Crippen LogP contribution in [0.2, 0.25) is 0 Å². The molecule has 0 bridgehead atoms. The fourth-order valence-electron chi connectivity index (χ4n) is 2.39. The average molecular weight is 217 g/mol. The minimum atomic E-state index is 0.835. The van der Waals surface area contributed by atoms with E-state index in [4.69, 9.17) is 0 Å². The van der Waals surface area contributed by atoms with Crippen LogP contribution < -0.4 is 0 Å². The van der Waals surface area contributed by atoms with Crippen molar-refractivity contribution in [2.24, 2.45) is 5.92 Å². The van der Waals surface area contributed by atoms with E-state index < -0.39 is 0 Å². The van der Waals surface area contributed by atoms with Crippen molar-refractivity contribution in [3.05, 3.63) is 28.8 Å². The Hall–Kier alpha value is -0.890. The van der Waals surface area contributed by atoms with Crippen LogP contribution >= 0.6 is 11.3 Å². The molecule has 0 amide bonds. The third-order valence-corrected chi connectivity index (χ3v) is 4.33. The molecule has 1 nitrogen and oxygen atoms in total. The zero-order chi connectivity index (χ0) is 10.4. The van der Waals surface area contributed by atoms with Gasteiger partial charge in [0.15, 0.2) is 0 Å². The summed E-state index contributed by atoms with van der Waals surface area (Å²) in [6, 6.07) is 6.79. The smallest absolute Gasteiger partial charge is 0.0907 e. The molecule has 78 valence electrons. The van der Waals surface area contributed by atoms with E-state index in [1.165, 1.54) is 28.1 Å². The molecule has 1 aliphatic rings. The third-order valence-electron chi connectivity index (χ3n) is 3.39. The first-order chi connectivity index (χ1) is 7.28. The average Bonchev–Trinajstić information content (AvgIpc) is 2.92. The first-order valence-electron chi connectivity index (χ1n) is 5.65. The summed E-state index contributed by atoms with van der Waals surface area (Å²) in [7, 11) is 0. The normalized spacial score (nSPS) is 24.7. The highest BCUT2D eigenvalue weighted by Gasteiger charge is 2.36. The Kier molecular flexibility index (Phi) is 2.06. The number of nitrogens with zero attached hydrogens (tertiary/aromatic N) is 1. The quantitative estimate of drug-likeness (QED) is 0.737. The van der Waals surface area contributed by atoms with Crippen LogP contribution in [0.4, 0.5) is 0 Å². The maximum Gasteiger partial charge on any atom is 0.0907 e. The molecule has 0 aliphatic heterocycles. The molecule has 0 unspecified atom stereocenters. The molecule has 1 aliphatic carbocycles. The van der Waals surface area contributed by atoms with Gasteiger partial charge in [-0.3, -0.25) is 0 Å². The Morgan fingerprint density at radius 1 is 1.47 bits per heavy atom. The van der Waals surface area contributed by atoms with Gasteiger partial charge in [0.05, 0.1) is 15.2 Å². The van der Waals surface area contributed by atoms with Crippen LogP contribution in [0.3, 0.4) is 0 Å². The lowest BCUT2D eigenvalue weighted by Gasteiger charge is -1.98. The fourth-order valence-corrected chi connectivity index (χ4v) is 3.27. The summed E-state index contributed by atoms with van der Waals surface area (Å²) in [6.07, 6.45) is 2.71. The van der Waals surface area contributed by atoms with Crippen molar-refractivity contribution in [1.29, 1.82) is 0 Å². The van der Waals surface area contributed by atoms with E-state index in [0.717, 1.165) is 17.4 Å². The zero-order valence-electron chi connectivity index (χ0n) is 9.16. The van der Waals surface area contributed by atoms with E-state index in [1.807, 2.05) is 11.3 Å². The molecular formula is C13H15NS. The molecule has 0 radical (unpaired) electrons. The zero-order valence-corrected chi connectivity index (χ0v) is 9.97. The molecule has 2 aromatic rings. The number of thiazole rings is 1. The van der Waals surface area contributed by atoms with Crippen molar-refractivity contribution < 1.29 is 0 Å². The van der Waals surface area contributed by atoms with Crippen molar-refractivity contribution in [2.75, 3.05) is 0 Å². The van der Waals surface area contributed by atoms with E-state index in [1.54, 1.807) is 0 Å². The number of aromatic nitrogens is 1. The standard InChI is InChI=1S/C13H15NS/c1-3-9-6-11(9)10-4-5-12-13(7-10)15-8(2)14-12/h4-5,7,9,11H,3,6H2,1-2H3/t9-,11-/m0/s1. The summed E-state index contributed by atoms with van der Waals surface area (Å²) in [5, 5.41) is 1.17. The Morgan fingerprint density at radius 2 is 2.33 bits per heavy atom. The summed E-state index contributed by atoms with van der Waals surface area (Å²) >= 11 is 1.81. The monoisotopic (exact) mass is 217 g/mol. The summed E-state index contributed by atoms with van der Waals surface area (Å²) < 4.78 is 1.35. The van der Waals surface area contributed by atoms with Gasteiger partial charge in [-0.1, -0.05) is 19.4 Å². The number of aryl methyl sites for hydroxylation is 1. The summed E-state index contributed by atoms with van der Waals surface area (Å²) in [5.41, 5.74) is 2.69. The molecule has 1 aromatic heterocycles. The molecule has 0 spiro atoms. The van der Waals surface area contributed by atoms with Crippen molar-refractivity contribution in [3.63, 3.8) is 0 Å². The van der Waals surface area contributed by atoms with Gasteiger partial charge in [-0.05, 0) is 42.9 Å². The number of benzene rings is 1. The van der Waals surface area contributed by atoms with Crippen molar-refractivity contribution in [3.8, 4) is 0 Å². The molecule has 1 heterocycles. The van der Waals surface area contributed by atoms with Crippen LogP contribution in [-0.4, -0.2) is 4.98 Å². The van der Waals surface area contributed by atoms with Gasteiger partial charge in [-0.15, -0.1) is 11.3 Å². The van der Waals surface area contributed by atoms with Gasteiger partial charge in [-0.25, -0.2) is 4.98 Å². The minimum absolute atomic E-state index is 0.835. The molecular weight excluding hydrogens is 202 g/mol. The Bertz CT molecular complexity index is 500. The molecule has 0 saturated heterocycles. The van der Waals surface area contributed by atoms with Crippen LogP contribution in [0, 0.1) is 12.8 Å². The maximum absolute atomic E-state index is 4.49. The molecule has 1 aromatic carbocycles.